The lowest BCUT2D eigenvalue weighted by atomic mass is 9.56. The summed E-state index contributed by atoms with van der Waals surface area (Å²) in [5.74, 6) is 0.665. The van der Waals surface area contributed by atoms with Gasteiger partial charge in [-0.2, -0.15) is 0 Å². The van der Waals surface area contributed by atoms with Crippen molar-refractivity contribution < 1.29 is 9.90 Å². The van der Waals surface area contributed by atoms with Crippen LogP contribution < -0.4 is 5.73 Å². The van der Waals surface area contributed by atoms with Crippen molar-refractivity contribution in [3.05, 3.63) is 0 Å². The highest BCUT2D eigenvalue weighted by atomic mass is 16.4. The predicted molar refractivity (Wildman–Crippen MR) is 63.0 cm³/mol. The highest BCUT2D eigenvalue weighted by Crippen LogP contribution is 2.52. The Morgan fingerprint density at radius 2 is 1.94 bits per heavy atom. The van der Waals surface area contributed by atoms with Gasteiger partial charge in [0.1, 0.15) is 0 Å². The van der Waals surface area contributed by atoms with E-state index in [0.717, 1.165) is 12.3 Å². The van der Waals surface area contributed by atoms with Gasteiger partial charge in [-0.25, -0.2) is 0 Å². The lowest BCUT2D eigenvalue weighted by molar-refractivity contribution is -0.142. The number of hydrogen-bond acceptors (Lipinski definition) is 2. The van der Waals surface area contributed by atoms with Crippen LogP contribution in [0.4, 0.5) is 0 Å². The summed E-state index contributed by atoms with van der Waals surface area (Å²) in [6.45, 7) is 0.556. The molecule has 16 heavy (non-hydrogen) atoms. The van der Waals surface area contributed by atoms with Crippen LogP contribution in [0.2, 0.25) is 0 Å². The van der Waals surface area contributed by atoms with Gasteiger partial charge in [0, 0.05) is 0 Å². The maximum Gasteiger partial charge on any atom is 0.303 e. The third-order valence-electron chi connectivity index (χ3n) is 4.86. The summed E-state index contributed by atoms with van der Waals surface area (Å²) in [6.07, 6.45) is 8.87. The SMILES string of the molecule is NCC1(CC(=O)O)CCCC2CCCCC21. The van der Waals surface area contributed by atoms with Crippen molar-refractivity contribution >= 4 is 5.97 Å². The Hall–Kier alpha value is -0.570. The highest BCUT2D eigenvalue weighted by Gasteiger charge is 2.46. The molecular weight excluding hydrogens is 202 g/mol. The Morgan fingerprint density at radius 3 is 2.62 bits per heavy atom. The zero-order valence-electron chi connectivity index (χ0n) is 9.95. The van der Waals surface area contributed by atoms with Crippen molar-refractivity contribution in [1.82, 2.24) is 0 Å². The highest BCUT2D eigenvalue weighted by molar-refractivity contribution is 5.67. The zero-order valence-corrected chi connectivity index (χ0v) is 9.95. The molecule has 0 radical (unpaired) electrons. The smallest absolute Gasteiger partial charge is 0.303 e. The van der Waals surface area contributed by atoms with Crippen molar-refractivity contribution in [2.45, 2.75) is 51.4 Å². The monoisotopic (exact) mass is 225 g/mol. The molecule has 0 saturated heterocycles. The van der Waals surface area contributed by atoms with E-state index in [1.54, 1.807) is 0 Å². The molecule has 0 aromatic heterocycles. The first kappa shape index (κ1) is 11.9. The van der Waals surface area contributed by atoms with Gasteiger partial charge in [-0.3, -0.25) is 4.79 Å². The lowest BCUT2D eigenvalue weighted by Gasteiger charge is -2.49. The van der Waals surface area contributed by atoms with E-state index in [1.807, 2.05) is 0 Å². The van der Waals surface area contributed by atoms with Gasteiger partial charge in [-0.15, -0.1) is 0 Å². The molecule has 2 aliphatic rings. The Kier molecular flexibility index (Phi) is 3.53. The molecule has 0 aliphatic heterocycles. The maximum atomic E-state index is 11.1. The van der Waals surface area contributed by atoms with Crippen LogP contribution in [-0.2, 0) is 4.79 Å². The van der Waals surface area contributed by atoms with Gasteiger partial charge in [0.05, 0.1) is 6.42 Å². The third kappa shape index (κ3) is 2.10. The molecule has 3 heteroatoms. The molecule has 2 saturated carbocycles. The van der Waals surface area contributed by atoms with E-state index in [9.17, 15) is 4.79 Å². The van der Waals surface area contributed by atoms with Crippen LogP contribution in [0, 0.1) is 17.3 Å². The van der Waals surface area contributed by atoms with E-state index in [4.69, 9.17) is 10.8 Å². The number of aliphatic carboxylic acids is 1. The van der Waals surface area contributed by atoms with Crippen molar-refractivity contribution in [3.63, 3.8) is 0 Å². The molecule has 3 unspecified atom stereocenters. The summed E-state index contributed by atoms with van der Waals surface area (Å²) in [5, 5.41) is 9.10. The molecule has 0 aromatic carbocycles. The van der Waals surface area contributed by atoms with Crippen LogP contribution in [0.5, 0.6) is 0 Å². The second-order valence-corrected chi connectivity index (χ2v) is 5.68. The number of fused-ring (bicyclic) bond motifs is 1. The summed E-state index contributed by atoms with van der Waals surface area (Å²) in [6, 6.07) is 0. The molecule has 0 spiro atoms. The topological polar surface area (TPSA) is 63.3 Å². The zero-order chi connectivity index (χ0) is 11.6. The fraction of sp³-hybridized carbons (Fsp3) is 0.923. The van der Waals surface area contributed by atoms with Crippen molar-refractivity contribution in [1.29, 1.82) is 0 Å². The summed E-state index contributed by atoms with van der Waals surface area (Å²) in [5.41, 5.74) is 5.84. The van der Waals surface area contributed by atoms with Crippen LogP contribution in [0.25, 0.3) is 0 Å². The molecule has 2 rings (SSSR count). The van der Waals surface area contributed by atoms with E-state index in [0.29, 0.717) is 12.5 Å². The molecule has 3 atom stereocenters. The number of rotatable bonds is 3. The summed E-state index contributed by atoms with van der Waals surface area (Å²) in [4.78, 5) is 11.1. The molecule has 0 bridgehead atoms. The fourth-order valence-corrected chi connectivity index (χ4v) is 4.11. The van der Waals surface area contributed by atoms with E-state index in [1.165, 1.54) is 38.5 Å². The Balaban J connectivity index is 2.17. The van der Waals surface area contributed by atoms with Crippen LogP contribution in [0.1, 0.15) is 51.4 Å². The second-order valence-electron chi connectivity index (χ2n) is 5.68. The van der Waals surface area contributed by atoms with Crippen LogP contribution in [-0.4, -0.2) is 17.6 Å². The minimum Gasteiger partial charge on any atom is -0.481 e. The van der Waals surface area contributed by atoms with E-state index < -0.39 is 5.97 Å². The van der Waals surface area contributed by atoms with Gasteiger partial charge in [-0.1, -0.05) is 32.1 Å². The number of carbonyl (C=O) groups is 1. The second kappa shape index (κ2) is 4.74. The third-order valence-corrected chi connectivity index (χ3v) is 4.86. The van der Waals surface area contributed by atoms with Crippen molar-refractivity contribution in [3.8, 4) is 0 Å². The number of hydrogen-bond donors (Lipinski definition) is 2. The van der Waals surface area contributed by atoms with Crippen molar-refractivity contribution in [2.24, 2.45) is 23.0 Å². The minimum absolute atomic E-state index is 0.0881. The molecule has 2 fully saturated rings. The summed E-state index contributed by atoms with van der Waals surface area (Å²) < 4.78 is 0. The molecular formula is C13H23NO2. The molecule has 0 aromatic rings. The fourth-order valence-electron chi connectivity index (χ4n) is 4.11. The van der Waals surface area contributed by atoms with Crippen LogP contribution in [0.15, 0.2) is 0 Å². The van der Waals surface area contributed by atoms with Gasteiger partial charge in [0.15, 0.2) is 0 Å². The molecule has 0 heterocycles. The number of nitrogens with two attached hydrogens (primary N) is 1. The van der Waals surface area contributed by atoms with Gasteiger partial charge in [0.25, 0.3) is 0 Å². The molecule has 2 aliphatic carbocycles. The molecule has 0 amide bonds. The molecule has 92 valence electrons. The van der Waals surface area contributed by atoms with Gasteiger partial charge in [-0.05, 0) is 36.6 Å². The molecule has 3 N–H and O–H groups in total. The average molecular weight is 225 g/mol. The van der Waals surface area contributed by atoms with Crippen molar-refractivity contribution in [2.75, 3.05) is 6.54 Å². The normalized spacial score (nSPS) is 39.1. The number of carboxylic acid groups (broad SMARTS) is 1. The minimum atomic E-state index is -0.670. The lowest BCUT2D eigenvalue weighted by Crippen LogP contribution is -2.47. The van der Waals surface area contributed by atoms with E-state index in [2.05, 4.69) is 0 Å². The van der Waals surface area contributed by atoms with Crippen LogP contribution in [0.3, 0.4) is 0 Å². The molecule has 3 nitrogen and oxygen atoms in total. The Bertz CT molecular complexity index is 265. The first-order valence-electron chi connectivity index (χ1n) is 6.60. The summed E-state index contributed by atoms with van der Waals surface area (Å²) in [7, 11) is 0. The van der Waals surface area contributed by atoms with E-state index >= 15 is 0 Å². The van der Waals surface area contributed by atoms with Gasteiger partial charge >= 0.3 is 5.97 Å². The maximum absolute atomic E-state index is 11.1. The first-order valence-corrected chi connectivity index (χ1v) is 6.60. The standard InChI is InChI=1S/C13H23NO2/c14-9-13(8-12(15)16)7-3-5-10-4-1-2-6-11(10)13/h10-11H,1-9,14H2,(H,15,16). The quantitative estimate of drug-likeness (QED) is 0.775. The Labute approximate surface area is 97.4 Å². The number of carboxylic acids is 1. The van der Waals surface area contributed by atoms with Gasteiger partial charge in [0.2, 0.25) is 0 Å². The van der Waals surface area contributed by atoms with Gasteiger partial charge < -0.3 is 10.8 Å². The predicted octanol–water partition coefficient (Wildman–Crippen LogP) is 2.40. The first-order chi connectivity index (χ1) is 7.68. The average Bonchev–Trinajstić information content (AvgIpc) is 2.29. The Morgan fingerprint density at radius 1 is 1.25 bits per heavy atom. The summed E-state index contributed by atoms with van der Waals surface area (Å²) >= 11 is 0. The van der Waals surface area contributed by atoms with Crippen LogP contribution >= 0.6 is 0 Å². The van der Waals surface area contributed by atoms with E-state index in [-0.39, 0.29) is 11.8 Å². The largest absolute Gasteiger partial charge is 0.481 e.